The molecule has 0 aromatic heterocycles. The van der Waals surface area contributed by atoms with E-state index in [1.165, 1.54) is 4.90 Å². The van der Waals surface area contributed by atoms with E-state index in [2.05, 4.69) is 28.2 Å². The van der Waals surface area contributed by atoms with E-state index in [9.17, 15) is 9.59 Å². The highest BCUT2D eigenvalue weighted by Gasteiger charge is 2.27. The Morgan fingerprint density at radius 2 is 1.84 bits per heavy atom. The molecule has 32 heavy (non-hydrogen) atoms. The summed E-state index contributed by atoms with van der Waals surface area (Å²) in [5.74, 6) is -0.0135. The number of halogens is 3. The first kappa shape index (κ1) is 26.5. The van der Waals surface area contributed by atoms with Gasteiger partial charge in [0.15, 0.2) is 6.61 Å². The molecule has 0 heterocycles. The van der Waals surface area contributed by atoms with Gasteiger partial charge in [0.1, 0.15) is 11.8 Å². The molecule has 0 saturated carbocycles. The quantitative estimate of drug-likeness (QED) is 0.352. The monoisotopic (exact) mass is 542 g/mol. The Morgan fingerprint density at radius 3 is 2.44 bits per heavy atom. The number of carbonyl (C=O) groups is 2. The molecule has 1 atom stereocenters. The highest BCUT2D eigenvalue weighted by atomic mass is 79.9. The van der Waals surface area contributed by atoms with E-state index in [0.29, 0.717) is 27.9 Å². The fourth-order valence-electron chi connectivity index (χ4n) is 3.08. The predicted molar refractivity (Wildman–Crippen MR) is 133 cm³/mol. The second kappa shape index (κ2) is 13.1. The fraction of sp³-hybridized carbons (Fsp3) is 0.417. The molecule has 2 rings (SSSR count). The third-order valence-electron chi connectivity index (χ3n) is 5.14. The Labute approximate surface area is 208 Å². The van der Waals surface area contributed by atoms with Crippen LogP contribution in [0.15, 0.2) is 40.9 Å². The second-order valence-electron chi connectivity index (χ2n) is 7.45. The number of nitrogens with one attached hydrogen (secondary N) is 1. The lowest BCUT2D eigenvalue weighted by molar-refractivity contribution is -0.142. The van der Waals surface area contributed by atoms with Crippen LogP contribution >= 0.6 is 39.1 Å². The smallest absolute Gasteiger partial charge is 0.261 e. The molecule has 2 aromatic rings. The van der Waals surface area contributed by atoms with Crippen molar-refractivity contribution in [1.82, 2.24) is 10.2 Å². The third-order valence-corrected chi connectivity index (χ3v) is 6.47. The SMILES string of the molecule is CCCCNC(=O)C(C)N(Cc1c(Cl)cccc1Cl)C(=O)COc1ccc(CC)cc1Br. The van der Waals surface area contributed by atoms with Gasteiger partial charge in [-0.1, -0.05) is 55.6 Å². The van der Waals surface area contributed by atoms with Crippen molar-refractivity contribution in [2.75, 3.05) is 13.2 Å². The maximum absolute atomic E-state index is 13.2. The molecule has 1 N–H and O–H groups in total. The molecule has 2 amide bonds. The largest absolute Gasteiger partial charge is 0.483 e. The Bertz CT molecular complexity index is 919. The standard InChI is InChI=1S/C24H29BrCl2N2O3/c1-4-6-12-28-24(31)16(3)29(14-18-20(26)8-7-9-21(18)27)23(30)15-32-22-11-10-17(5-2)13-19(22)25/h7-11,13,16H,4-6,12,14-15H2,1-3H3,(H,28,31). The Balaban J connectivity index is 2.20. The zero-order chi connectivity index (χ0) is 23.7. The second-order valence-corrected chi connectivity index (χ2v) is 9.12. The van der Waals surface area contributed by atoms with Crippen LogP contribution in [0, 0.1) is 0 Å². The summed E-state index contributed by atoms with van der Waals surface area (Å²) in [4.78, 5) is 27.3. The predicted octanol–water partition coefficient (Wildman–Crippen LogP) is 6.03. The lowest BCUT2D eigenvalue weighted by Gasteiger charge is -2.29. The summed E-state index contributed by atoms with van der Waals surface area (Å²) in [5, 5.41) is 3.76. The number of nitrogens with zero attached hydrogens (tertiary/aromatic N) is 1. The summed E-state index contributed by atoms with van der Waals surface area (Å²) in [5.41, 5.74) is 1.74. The van der Waals surface area contributed by atoms with Gasteiger partial charge >= 0.3 is 0 Å². The van der Waals surface area contributed by atoms with Gasteiger partial charge in [-0.3, -0.25) is 9.59 Å². The van der Waals surface area contributed by atoms with Gasteiger partial charge in [0.25, 0.3) is 5.91 Å². The summed E-state index contributed by atoms with van der Waals surface area (Å²) in [6, 6.07) is 10.2. The summed E-state index contributed by atoms with van der Waals surface area (Å²) in [6.07, 6.45) is 2.73. The van der Waals surface area contributed by atoms with Crippen molar-refractivity contribution in [3.05, 3.63) is 62.0 Å². The van der Waals surface area contributed by atoms with Gasteiger partial charge in [0.2, 0.25) is 5.91 Å². The van der Waals surface area contributed by atoms with Crippen molar-refractivity contribution < 1.29 is 14.3 Å². The average molecular weight is 544 g/mol. The minimum absolute atomic E-state index is 0.0962. The molecule has 0 aliphatic carbocycles. The van der Waals surface area contributed by atoms with Crippen molar-refractivity contribution in [2.24, 2.45) is 0 Å². The minimum Gasteiger partial charge on any atom is -0.483 e. The number of hydrogen-bond acceptors (Lipinski definition) is 3. The molecule has 0 fully saturated rings. The zero-order valence-electron chi connectivity index (χ0n) is 18.6. The molecule has 0 aliphatic rings. The number of carbonyl (C=O) groups excluding carboxylic acids is 2. The van der Waals surface area contributed by atoms with Gasteiger partial charge < -0.3 is 15.0 Å². The Morgan fingerprint density at radius 1 is 1.16 bits per heavy atom. The molecule has 0 spiro atoms. The van der Waals surface area contributed by atoms with Crippen molar-refractivity contribution in [2.45, 2.75) is 52.6 Å². The number of rotatable bonds is 11. The summed E-state index contributed by atoms with van der Waals surface area (Å²) in [7, 11) is 0. The van der Waals surface area contributed by atoms with E-state index in [0.717, 1.165) is 29.3 Å². The van der Waals surface area contributed by atoms with Crippen LogP contribution in [0.25, 0.3) is 0 Å². The van der Waals surface area contributed by atoms with Crippen LogP contribution in [0.5, 0.6) is 5.75 Å². The fourth-order valence-corrected chi connectivity index (χ4v) is 4.13. The topological polar surface area (TPSA) is 58.6 Å². The van der Waals surface area contributed by atoms with Crippen LogP contribution in [0.3, 0.4) is 0 Å². The Kier molecular flexibility index (Phi) is 10.8. The van der Waals surface area contributed by atoms with E-state index in [1.54, 1.807) is 25.1 Å². The summed E-state index contributed by atoms with van der Waals surface area (Å²) in [6.45, 7) is 6.24. The number of hydrogen-bond donors (Lipinski definition) is 1. The van der Waals surface area contributed by atoms with Crippen LogP contribution in [-0.4, -0.2) is 35.9 Å². The van der Waals surface area contributed by atoms with Gasteiger partial charge in [-0.05, 0) is 65.5 Å². The van der Waals surface area contributed by atoms with E-state index >= 15 is 0 Å². The van der Waals surface area contributed by atoms with E-state index in [-0.39, 0.29) is 25.0 Å². The molecule has 0 saturated heterocycles. The number of unbranched alkanes of at least 4 members (excludes halogenated alkanes) is 1. The van der Waals surface area contributed by atoms with E-state index in [1.807, 2.05) is 25.1 Å². The van der Waals surface area contributed by atoms with Crippen LogP contribution in [0.4, 0.5) is 0 Å². The molecule has 8 heteroatoms. The molecule has 2 aromatic carbocycles. The Hall–Kier alpha value is -1.76. The first-order chi connectivity index (χ1) is 15.3. The average Bonchev–Trinajstić information content (AvgIpc) is 2.77. The molecule has 5 nitrogen and oxygen atoms in total. The van der Waals surface area contributed by atoms with Crippen LogP contribution in [0.2, 0.25) is 10.0 Å². The van der Waals surface area contributed by atoms with Crippen molar-refractivity contribution in [3.63, 3.8) is 0 Å². The first-order valence-electron chi connectivity index (χ1n) is 10.7. The normalized spacial score (nSPS) is 11.7. The molecule has 1 unspecified atom stereocenters. The number of aryl methyl sites for hydroxylation is 1. The minimum atomic E-state index is -0.721. The highest BCUT2D eigenvalue weighted by molar-refractivity contribution is 9.10. The van der Waals surface area contributed by atoms with E-state index < -0.39 is 6.04 Å². The maximum Gasteiger partial charge on any atom is 0.261 e. The molecule has 0 bridgehead atoms. The van der Waals surface area contributed by atoms with Crippen molar-refractivity contribution in [3.8, 4) is 5.75 Å². The van der Waals surface area contributed by atoms with Crippen LogP contribution in [-0.2, 0) is 22.6 Å². The van der Waals surface area contributed by atoms with E-state index in [4.69, 9.17) is 27.9 Å². The highest BCUT2D eigenvalue weighted by Crippen LogP contribution is 2.28. The van der Waals surface area contributed by atoms with Gasteiger partial charge in [-0.15, -0.1) is 0 Å². The lowest BCUT2D eigenvalue weighted by Crippen LogP contribution is -2.49. The number of benzene rings is 2. The zero-order valence-corrected chi connectivity index (χ0v) is 21.7. The third kappa shape index (κ3) is 7.39. The molecular weight excluding hydrogens is 515 g/mol. The summed E-state index contributed by atoms with van der Waals surface area (Å²) >= 11 is 16.1. The molecule has 0 aliphatic heterocycles. The van der Waals surface area contributed by atoms with Gasteiger partial charge in [0.05, 0.1) is 4.47 Å². The van der Waals surface area contributed by atoms with Crippen molar-refractivity contribution in [1.29, 1.82) is 0 Å². The molecule has 0 radical (unpaired) electrons. The summed E-state index contributed by atoms with van der Waals surface area (Å²) < 4.78 is 6.54. The number of amides is 2. The first-order valence-corrected chi connectivity index (χ1v) is 12.2. The van der Waals surface area contributed by atoms with Crippen LogP contribution < -0.4 is 10.1 Å². The van der Waals surface area contributed by atoms with Gasteiger partial charge in [-0.25, -0.2) is 0 Å². The molecular formula is C24H29BrCl2N2O3. The van der Waals surface area contributed by atoms with Gasteiger partial charge in [0, 0.05) is 28.7 Å². The van der Waals surface area contributed by atoms with Crippen LogP contribution in [0.1, 0.15) is 44.7 Å². The maximum atomic E-state index is 13.2. The number of ether oxygens (including phenoxy) is 1. The lowest BCUT2D eigenvalue weighted by atomic mass is 10.1. The van der Waals surface area contributed by atoms with Crippen molar-refractivity contribution >= 4 is 50.9 Å². The van der Waals surface area contributed by atoms with Gasteiger partial charge in [-0.2, -0.15) is 0 Å². The molecule has 174 valence electrons.